The first-order valence-corrected chi connectivity index (χ1v) is 4.29. The Balaban J connectivity index is 0. The van der Waals surface area contributed by atoms with Gasteiger partial charge in [0.2, 0.25) is 0 Å². The highest BCUT2D eigenvalue weighted by Gasteiger charge is 2.26. The van der Waals surface area contributed by atoms with E-state index in [-0.39, 0.29) is 0 Å². The fourth-order valence-electron chi connectivity index (χ4n) is 0.300. The molecule has 0 aromatic heterocycles. The third-order valence-electron chi connectivity index (χ3n) is 1.63. The molecule has 82 valence electrons. The van der Waals surface area contributed by atoms with Crippen LogP contribution in [0.3, 0.4) is 0 Å². The van der Waals surface area contributed by atoms with E-state index in [0.29, 0.717) is 0 Å². The molecule has 6 N–H and O–H groups in total. The first-order valence-electron chi connectivity index (χ1n) is 4.29. The molecular weight excluding hydrogens is 174 g/mol. The van der Waals surface area contributed by atoms with Crippen molar-refractivity contribution in [3.63, 3.8) is 0 Å². The van der Waals surface area contributed by atoms with Gasteiger partial charge in [0, 0.05) is 0 Å². The van der Waals surface area contributed by atoms with Gasteiger partial charge in [0.15, 0.2) is 0 Å². The standard InChI is InChI=1S/C5H12O4.C3H9N/c6-1-5(2-7,3-8)4-9;1-2-3-4/h6-9H,1-4H2;2-4H2,1H3. The molecule has 0 unspecified atom stereocenters. The predicted molar refractivity (Wildman–Crippen MR) is 50.1 cm³/mol. The molecule has 0 aromatic carbocycles. The van der Waals surface area contributed by atoms with E-state index in [1.165, 1.54) is 0 Å². The van der Waals surface area contributed by atoms with Crippen molar-refractivity contribution in [2.24, 2.45) is 11.1 Å². The molecule has 13 heavy (non-hydrogen) atoms. The van der Waals surface area contributed by atoms with Crippen molar-refractivity contribution in [1.82, 2.24) is 0 Å². The summed E-state index contributed by atoms with van der Waals surface area (Å²) in [5, 5.41) is 34.0. The topological polar surface area (TPSA) is 107 Å². The number of nitrogens with two attached hydrogens (primary N) is 1. The molecule has 0 aromatic rings. The Morgan fingerprint density at radius 2 is 1.15 bits per heavy atom. The Morgan fingerprint density at radius 3 is 1.15 bits per heavy atom. The summed E-state index contributed by atoms with van der Waals surface area (Å²) in [5.41, 5.74) is 3.92. The lowest BCUT2D eigenvalue weighted by Crippen LogP contribution is -2.37. The molecular formula is C8H21NO4. The average Bonchev–Trinajstić information content (AvgIpc) is 2.23. The van der Waals surface area contributed by atoms with Crippen LogP contribution in [0.4, 0.5) is 0 Å². The fraction of sp³-hybridized carbons (Fsp3) is 1.00. The minimum absolute atomic E-state index is 0.406. The average molecular weight is 195 g/mol. The minimum atomic E-state index is -1.11. The van der Waals surface area contributed by atoms with Crippen LogP contribution in [0, 0.1) is 5.41 Å². The summed E-state index contributed by atoms with van der Waals surface area (Å²) < 4.78 is 0. The van der Waals surface area contributed by atoms with Gasteiger partial charge in [0.25, 0.3) is 0 Å². The molecule has 0 atom stereocenters. The Labute approximate surface area is 78.8 Å². The third kappa shape index (κ3) is 6.92. The Hall–Kier alpha value is -0.200. The quantitative estimate of drug-likeness (QED) is 0.359. The van der Waals surface area contributed by atoms with Crippen molar-refractivity contribution < 1.29 is 20.4 Å². The van der Waals surface area contributed by atoms with Crippen molar-refractivity contribution in [2.45, 2.75) is 13.3 Å². The van der Waals surface area contributed by atoms with Crippen LogP contribution in [0.25, 0.3) is 0 Å². The van der Waals surface area contributed by atoms with E-state index in [1.54, 1.807) is 0 Å². The summed E-state index contributed by atoms with van der Waals surface area (Å²) in [7, 11) is 0. The fourth-order valence-corrected chi connectivity index (χ4v) is 0.300. The van der Waals surface area contributed by atoms with Gasteiger partial charge in [-0.15, -0.1) is 0 Å². The van der Waals surface area contributed by atoms with Crippen LogP contribution in [0.1, 0.15) is 13.3 Å². The highest BCUT2D eigenvalue weighted by atomic mass is 16.3. The summed E-state index contributed by atoms with van der Waals surface area (Å²) in [6.07, 6.45) is 1.10. The number of aliphatic hydroxyl groups is 4. The van der Waals surface area contributed by atoms with E-state index in [1.807, 2.05) is 0 Å². The lowest BCUT2D eigenvalue weighted by atomic mass is 9.93. The van der Waals surface area contributed by atoms with Gasteiger partial charge in [-0.25, -0.2) is 0 Å². The Bertz CT molecular complexity index is 76.6. The smallest absolute Gasteiger partial charge is 0.0627 e. The van der Waals surface area contributed by atoms with E-state index in [9.17, 15) is 0 Å². The number of hydrogen-bond donors (Lipinski definition) is 5. The maximum atomic E-state index is 8.50. The zero-order chi connectivity index (χ0) is 10.7. The van der Waals surface area contributed by atoms with Gasteiger partial charge in [-0.3, -0.25) is 0 Å². The molecule has 0 saturated heterocycles. The van der Waals surface area contributed by atoms with Gasteiger partial charge >= 0.3 is 0 Å². The number of aliphatic hydroxyl groups excluding tert-OH is 4. The van der Waals surface area contributed by atoms with Gasteiger partial charge in [-0.1, -0.05) is 6.92 Å². The minimum Gasteiger partial charge on any atom is -0.396 e. The van der Waals surface area contributed by atoms with Gasteiger partial charge in [-0.05, 0) is 13.0 Å². The Kier molecular flexibility index (Phi) is 11.6. The molecule has 0 fully saturated rings. The first-order chi connectivity index (χ1) is 6.16. The normalized spacial score (nSPS) is 10.6. The molecule has 0 rings (SSSR count). The van der Waals surface area contributed by atoms with E-state index in [0.717, 1.165) is 13.0 Å². The van der Waals surface area contributed by atoms with Gasteiger partial charge < -0.3 is 26.2 Å². The van der Waals surface area contributed by atoms with Crippen molar-refractivity contribution in [3.8, 4) is 0 Å². The predicted octanol–water partition coefficient (Wildman–Crippen LogP) is -1.70. The van der Waals surface area contributed by atoms with Crippen LogP contribution >= 0.6 is 0 Å². The zero-order valence-corrected chi connectivity index (χ0v) is 8.11. The molecule has 0 aliphatic heterocycles. The first kappa shape index (κ1) is 15.3. The second kappa shape index (κ2) is 9.88. The van der Waals surface area contributed by atoms with E-state index in [2.05, 4.69) is 6.92 Å². The molecule has 0 spiro atoms. The molecule has 0 saturated carbocycles. The summed E-state index contributed by atoms with van der Waals surface area (Å²) in [4.78, 5) is 0. The molecule has 5 heteroatoms. The zero-order valence-electron chi connectivity index (χ0n) is 8.11. The van der Waals surface area contributed by atoms with Crippen molar-refractivity contribution in [2.75, 3.05) is 33.0 Å². The van der Waals surface area contributed by atoms with E-state index < -0.39 is 31.8 Å². The maximum Gasteiger partial charge on any atom is 0.0627 e. The maximum absolute atomic E-state index is 8.50. The van der Waals surface area contributed by atoms with Crippen LogP contribution in [-0.4, -0.2) is 53.4 Å². The van der Waals surface area contributed by atoms with Crippen LogP contribution in [-0.2, 0) is 0 Å². The van der Waals surface area contributed by atoms with Crippen LogP contribution in [0.15, 0.2) is 0 Å². The third-order valence-corrected chi connectivity index (χ3v) is 1.63. The second-order valence-corrected chi connectivity index (χ2v) is 2.92. The highest BCUT2D eigenvalue weighted by Crippen LogP contribution is 2.11. The van der Waals surface area contributed by atoms with E-state index >= 15 is 0 Å². The van der Waals surface area contributed by atoms with Crippen LogP contribution in [0.2, 0.25) is 0 Å². The van der Waals surface area contributed by atoms with Crippen LogP contribution < -0.4 is 5.73 Å². The highest BCUT2D eigenvalue weighted by molar-refractivity contribution is 4.74. The Morgan fingerprint density at radius 1 is 0.923 bits per heavy atom. The summed E-state index contributed by atoms with van der Waals surface area (Å²) >= 11 is 0. The molecule has 0 aliphatic rings. The van der Waals surface area contributed by atoms with Gasteiger partial charge in [0.05, 0.1) is 31.8 Å². The number of hydrogen-bond acceptors (Lipinski definition) is 5. The van der Waals surface area contributed by atoms with Crippen LogP contribution in [0.5, 0.6) is 0 Å². The SMILES string of the molecule is CCCN.OCC(CO)(CO)CO. The van der Waals surface area contributed by atoms with E-state index in [4.69, 9.17) is 26.2 Å². The molecule has 0 amide bonds. The molecule has 0 aliphatic carbocycles. The molecule has 5 nitrogen and oxygen atoms in total. The molecule has 0 radical (unpaired) electrons. The van der Waals surface area contributed by atoms with Crippen molar-refractivity contribution in [3.05, 3.63) is 0 Å². The van der Waals surface area contributed by atoms with Gasteiger partial charge in [-0.2, -0.15) is 0 Å². The monoisotopic (exact) mass is 195 g/mol. The summed E-state index contributed by atoms with van der Waals surface area (Å²) in [6.45, 7) is 1.25. The lowest BCUT2D eigenvalue weighted by molar-refractivity contribution is -0.0328. The summed E-state index contributed by atoms with van der Waals surface area (Å²) in [6, 6.07) is 0. The molecule has 0 heterocycles. The summed E-state index contributed by atoms with van der Waals surface area (Å²) in [5.74, 6) is 0. The van der Waals surface area contributed by atoms with Gasteiger partial charge in [0.1, 0.15) is 0 Å². The lowest BCUT2D eigenvalue weighted by Gasteiger charge is -2.23. The number of rotatable bonds is 5. The molecule has 0 bridgehead atoms. The van der Waals surface area contributed by atoms with Crippen molar-refractivity contribution >= 4 is 0 Å². The largest absolute Gasteiger partial charge is 0.396 e. The second-order valence-electron chi connectivity index (χ2n) is 2.92. The van der Waals surface area contributed by atoms with Crippen molar-refractivity contribution in [1.29, 1.82) is 0 Å².